The Labute approximate surface area is 169 Å². The largest absolute Gasteiger partial charge is 0.437 e. The first-order valence-electron chi connectivity index (χ1n) is 8.70. The zero-order valence-corrected chi connectivity index (χ0v) is 16.7. The van der Waals surface area contributed by atoms with Crippen molar-refractivity contribution >= 4 is 29.3 Å². The maximum atomic E-state index is 13.3. The van der Waals surface area contributed by atoms with Crippen molar-refractivity contribution in [2.75, 3.05) is 36.0 Å². The number of hydrogen-bond acceptors (Lipinski definition) is 8. The van der Waals surface area contributed by atoms with Crippen molar-refractivity contribution in [3.05, 3.63) is 28.2 Å². The molecule has 1 saturated heterocycles. The molecule has 0 aliphatic carbocycles. The molecule has 0 atom stereocenters. The molecule has 0 spiro atoms. The number of alkyl halides is 3. The summed E-state index contributed by atoms with van der Waals surface area (Å²) in [7, 11) is 0. The molecule has 3 rings (SSSR count). The number of aromatic nitrogens is 4. The number of carbonyl (C=O) groups is 1. The van der Waals surface area contributed by atoms with Gasteiger partial charge in [0, 0.05) is 33.1 Å². The lowest BCUT2D eigenvalue weighted by Gasteiger charge is -2.36. The average Bonchev–Trinajstić information content (AvgIpc) is 2.65. The molecule has 0 amide bonds. The summed E-state index contributed by atoms with van der Waals surface area (Å²) in [5, 5.41) is 8.41. The van der Waals surface area contributed by atoms with Gasteiger partial charge in [-0.15, -0.1) is 10.2 Å². The molecule has 0 aromatic carbocycles. The first-order chi connectivity index (χ1) is 13.6. The highest BCUT2D eigenvalue weighted by molar-refractivity contribution is 6.30. The lowest BCUT2D eigenvalue weighted by atomic mass is 10.2. The minimum absolute atomic E-state index is 0.0806. The second-order valence-corrected chi connectivity index (χ2v) is 6.87. The summed E-state index contributed by atoms with van der Waals surface area (Å²) in [5.41, 5.74) is 0.452. The molecule has 0 unspecified atom stereocenters. The fourth-order valence-electron chi connectivity index (χ4n) is 2.93. The number of ether oxygens (including phenoxy) is 1. The van der Waals surface area contributed by atoms with Crippen LogP contribution in [0.4, 0.5) is 24.9 Å². The van der Waals surface area contributed by atoms with E-state index >= 15 is 0 Å². The Morgan fingerprint density at radius 2 is 1.72 bits per heavy atom. The minimum atomic E-state index is -4.78. The van der Waals surface area contributed by atoms with Crippen molar-refractivity contribution in [3.63, 3.8) is 0 Å². The van der Waals surface area contributed by atoms with Crippen LogP contribution in [0.2, 0.25) is 5.15 Å². The Bertz CT molecular complexity index is 932. The second kappa shape index (κ2) is 7.97. The molecule has 156 valence electrons. The average molecular weight is 431 g/mol. The number of nitrogens with zero attached hydrogens (tertiary/aromatic N) is 6. The normalized spacial score (nSPS) is 14.9. The molecule has 1 aliphatic heterocycles. The number of carbonyl (C=O) groups excluding carboxylic acids is 1. The molecule has 12 heteroatoms. The predicted octanol–water partition coefficient (Wildman–Crippen LogP) is 2.81. The summed E-state index contributed by atoms with van der Waals surface area (Å²) >= 11 is 5.98. The summed E-state index contributed by atoms with van der Waals surface area (Å²) in [6.45, 7) is 6.50. The summed E-state index contributed by atoms with van der Waals surface area (Å²) < 4.78 is 44.5. The molecule has 29 heavy (non-hydrogen) atoms. The number of anilines is 2. The molecule has 0 radical (unpaired) electrons. The van der Waals surface area contributed by atoms with Crippen LogP contribution in [0.5, 0.6) is 5.75 Å². The van der Waals surface area contributed by atoms with Gasteiger partial charge in [-0.2, -0.15) is 13.2 Å². The standard InChI is InChI=1S/C17H18ClF3N6O2/c1-9-10(2)15(25-24-14(9)18)26-4-6-27(7-5-26)16-22-8-12(29-11(3)28)13(23-16)17(19,20)21/h8H,4-7H2,1-3H3. The smallest absolute Gasteiger partial charge is 0.423 e. The van der Waals surface area contributed by atoms with E-state index in [1.807, 2.05) is 18.7 Å². The number of piperazine rings is 1. The Hall–Kier alpha value is -2.69. The van der Waals surface area contributed by atoms with Crippen molar-refractivity contribution in [1.82, 2.24) is 20.2 Å². The highest BCUT2D eigenvalue weighted by atomic mass is 35.5. The third-order valence-corrected chi connectivity index (χ3v) is 4.93. The topological polar surface area (TPSA) is 84.3 Å². The van der Waals surface area contributed by atoms with E-state index in [0.29, 0.717) is 37.1 Å². The van der Waals surface area contributed by atoms with Crippen molar-refractivity contribution in [2.45, 2.75) is 26.9 Å². The number of hydrogen-bond donors (Lipinski definition) is 0. The summed E-state index contributed by atoms with van der Waals surface area (Å²) in [6.07, 6.45) is -3.91. The lowest BCUT2D eigenvalue weighted by molar-refractivity contribution is -0.144. The van der Waals surface area contributed by atoms with Crippen LogP contribution in [0.3, 0.4) is 0 Å². The molecule has 2 aromatic heterocycles. The fraction of sp³-hybridized carbons (Fsp3) is 0.471. The maximum absolute atomic E-state index is 13.3. The molecule has 3 heterocycles. The van der Waals surface area contributed by atoms with Crippen molar-refractivity contribution in [1.29, 1.82) is 0 Å². The van der Waals surface area contributed by atoms with Crippen molar-refractivity contribution in [2.24, 2.45) is 0 Å². The van der Waals surface area contributed by atoms with Crippen LogP contribution in [-0.2, 0) is 11.0 Å². The quantitative estimate of drug-likeness (QED) is 0.687. The summed E-state index contributed by atoms with van der Waals surface area (Å²) in [5.74, 6) is -0.984. The van der Waals surface area contributed by atoms with Crippen LogP contribution >= 0.6 is 11.6 Å². The Morgan fingerprint density at radius 3 is 2.31 bits per heavy atom. The molecule has 1 fully saturated rings. The predicted molar refractivity (Wildman–Crippen MR) is 99.3 cm³/mol. The van der Waals surface area contributed by atoms with Crippen molar-refractivity contribution in [3.8, 4) is 5.75 Å². The van der Waals surface area contributed by atoms with Gasteiger partial charge in [0.2, 0.25) is 5.95 Å². The van der Waals surface area contributed by atoms with E-state index in [9.17, 15) is 18.0 Å². The van der Waals surface area contributed by atoms with Crippen molar-refractivity contribution < 1.29 is 22.7 Å². The molecule has 0 bridgehead atoms. The maximum Gasteiger partial charge on any atom is 0.437 e. The van der Waals surface area contributed by atoms with Gasteiger partial charge < -0.3 is 14.5 Å². The van der Waals surface area contributed by atoms with Gasteiger partial charge in [0.25, 0.3) is 0 Å². The lowest BCUT2D eigenvalue weighted by Crippen LogP contribution is -2.47. The van der Waals surface area contributed by atoms with E-state index < -0.39 is 23.6 Å². The number of esters is 1. The van der Waals surface area contributed by atoms with Gasteiger partial charge in [0.1, 0.15) is 0 Å². The fourth-order valence-corrected chi connectivity index (χ4v) is 3.11. The summed E-state index contributed by atoms with van der Waals surface area (Å²) in [6, 6.07) is 0. The van der Waals surface area contributed by atoms with E-state index in [-0.39, 0.29) is 5.95 Å². The van der Waals surface area contributed by atoms with Gasteiger partial charge in [0.05, 0.1) is 6.20 Å². The first-order valence-corrected chi connectivity index (χ1v) is 9.07. The molecule has 8 nitrogen and oxygen atoms in total. The van der Waals surface area contributed by atoms with Gasteiger partial charge in [-0.25, -0.2) is 9.97 Å². The van der Waals surface area contributed by atoms with E-state index in [2.05, 4.69) is 24.9 Å². The van der Waals surface area contributed by atoms with Crippen LogP contribution in [0, 0.1) is 13.8 Å². The zero-order valence-electron chi connectivity index (χ0n) is 15.9. The van der Waals surface area contributed by atoms with Crippen LogP contribution in [-0.4, -0.2) is 52.3 Å². The third-order valence-electron chi connectivity index (χ3n) is 4.57. The van der Waals surface area contributed by atoms with Gasteiger partial charge in [-0.1, -0.05) is 11.6 Å². The molecule has 1 aliphatic rings. The van der Waals surface area contributed by atoms with Crippen LogP contribution in [0.1, 0.15) is 23.7 Å². The number of halogens is 4. The highest BCUT2D eigenvalue weighted by Crippen LogP contribution is 2.35. The van der Waals surface area contributed by atoms with Crippen LogP contribution in [0.25, 0.3) is 0 Å². The van der Waals surface area contributed by atoms with E-state index in [0.717, 1.165) is 24.2 Å². The Kier molecular flexibility index (Phi) is 5.78. The van der Waals surface area contributed by atoms with Gasteiger partial charge in [-0.05, 0) is 25.0 Å². The molecule has 2 aromatic rings. The Balaban J connectivity index is 1.79. The summed E-state index contributed by atoms with van der Waals surface area (Å²) in [4.78, 5) is 22.2. The van der Waals surface area contributed by atoms with E-state index in [1.54, 1.807) is 4.90 Å². The second-order valence-electron chi connectivity index (χ2n) is 6.51. The third kappa shape index (κ3) is 4.50. The van der Waals surface area contributed by atoms with Crippen LogP contribution in [0.15, 0.2) is 6.20 Å². The highest BCUT2D eigenvalue weighted by Gasteiger charge is 2.38. The van der Waals surface area contributed by atoms with E-state index in [4.69, 9.17) is 11.6 Å². The van der Waals surface area contributed by atoms with E-state index in [1.165, 1.54) is 0 Å². The molecule has 0 N–H and O–H groups in total. The Morgan fingerprint density at radius 1 is 1.10 bits per heavy atom. The monoisotopic (exact) mass is 430 g/mol. The molecular formula is C17H18ClF3N6O2. The number of rotatable bonds is 3. The molecular weight excluding hydrogens is 413 g/mol. The molecule has 0 saturated carbocycles. The minimum Gasteiger partial charge on any atom is -0.423 e. The van der Waals surface area contributed by atoms with Gasteiger partial charge in [0.15, 0.2) is 22.4 Å². The van der Waals surface area contributed by atoms with Gasteiger partial charge in [-0.3, -0.25) is 4.79 Å². The van der Waals surface area contributed by atoms with Gasteiger partial charge >= 0.3 is 12.1 Å². The van der Waals surface area contributed by atoms with Crippen LogP contribution < -0.4 is 14.5 Å². The first kappa shape index (κ1) is 21.0. The zero-order chi connectivity index (χ0) is 21.3. The SMILES string of the molecule is CC(=O)Oc1cnc(N2CCN(c3nnc(Cl)c(C)c3C)CC2)nc1C(F)(F)F.